The fraction of sp³-hybridized carbons (Fsp3) is 1.00. The second kappa shape index (κ2) is 7.90. The molecule has 1 N–H and O–H groups in total. The molecule has 0 aliphatic carbocycles. The number of ether oxygens (including phenoxy) is 1. The van der Waals surface area contributed by atoms with Crippen LogP contribution in [0.4, 0.5) is 0 Å². The highest BCUT2D eigenvalue weighted by molar-refractivity contribution is 7.99. The highest BCUT2D eigenvalue weighted by Crippen LogP contribution is 2.07. The van der Waals surface area contributed by atoms with Crippen molar-refractivity contribution in [2.45, 2.75) is 26.9 Å². The Hall–Kier alpha value is 0.270. The smallest absolute Gasteiger partial charge is 0.0560 e. The number of hydrogen-bond acceptors (Lipinski definition) is 3. The van der Waals surface area contributed by atoms with E-state index in [9.17, 15) is 0 Å². The van der Waals surface area contributed by atoms with E-state index in [4.69, 9.17) is 9.84 Å². The van der Waals surface area contributed by atoms with Crippen LogP contribution in [0.1, 0.15) is 20.8 Å². The highest BCUT2D eigenvalue weighted by atomic mass is 32.2. The first-order chi connectivity index (χ1) is 5.66. The third kappa shape index (κ3) is 8.37. The molecule has 1 unspecified atom stereocenters. The van der Waals surface area contributed by atoms with Crippen LogP contribution in [0.5, 0.6) is 0 Å². The lowest BCUT2D eigenvalue weighted by atomic mass is 10.2. The van der Waals surface area contributed by atoms with Gasteiger partial charge in [-0.3, -0.25) is 0 Å². The molecule has 0 aromatic rings. The van der Waals surface area contributed by atoms with Crippen LogP contribution >= 0.6 is 11.8 Å². The molecule has 0 spiro atoms. The second-order valence-corrected chi connectivity index (χ2v) is 4.43. The first-order valence-electron chi connectivity index (χ1n) is 4.47. The lowest BCUT2D eigenvalue weighted by molar-refractivity contribution is 0.0920. The van der Waals surface area contributed by atoms with E-state index in [-0.39, 0.29) is 6.61 Å². The first kappa shape index (κ1) is 12.3. The predicted molar refractivity (Wildman–Crippen MR) is 54.7 cm³/mol. The molecular weight excluding hydrogens is 172 g/mol. The summed E-state index contributed by atoms with van der Waals surface area (Å²) in [5, 5.41) is 8.73. The van der Waals surface area contributed by atoms with Crippen molar-refractivity contribution in [3.8, 4) is 0 Å². The lowest BCUT2D eigenvalue weighted by Crippen LogP contribution is -2.08. The number of hydrogen-bond donors (Lipinski definition) is 1. The van der Waals surface area contributed by atoms with Gasteiger partial charge in [-0.25, -0.2) is 0 Å². The summed E-state index contributed by atoms with van der Waals surface area (Å²) in [6, 6.07) is 0. The van der Waals surface area contributed by atoms with E-state index in [1.54, 1.807) is 0 Å². The number of rotatable bonds is 7. The van der Waals surface area contributed by atoms with Crippen molar-refractivity contribution < 1.29 is 9.84 Å². The van der Waals surface area contributed by atoms with Crippen LogP contribution < -0.4 is 0 Å². The van der Waals surface area contributed by atoms with Gasteiger partial charge in [0.2, 0.25) is 0 Å². The van der Waals surface area contributed by atoms with Crippen molar-refractivity contribution in [2.75, 3.05) is 24.7 Å². The van der Waals surface area contributed by atoms with Crippen LogP contribution in [-0.4, -0.2) is 35.9 Å². The summed E-state index contributed by atoms with van der Waals surface area (Å²) in [7, 11) is 0. The van der Waals surface area contributed by atoms with Gasteiger partial charge in [0.1, 0.15) is 0 Å². The highest BCUT2D eigenvalue weighted by Gasteiger charge is 1.99. The molecule has 0 amide bonds. The third-order valence-electron chi connectivity index (χ3n) is 1.39. The van der Waals surface area contributed by atoms with Gasteiger partial charge in [-0.05, 0) is 25.5 Å². The number of thioether (sulfide) groups is 1. The monoisotopic (exact) mass is 192 g/mol. The van der Waals surface area contributed by atoms with Crippen LogP contribution in [0.2, 0.25) is 0 Å². The Morgan fingerprint density at radius 1 is 1.33 bits per heavy atom. The van der Waals surface area contributed by atoms with Gasteiger partial charge in [0.05, 0.1) is 12.7 Å². The van der Waals surface area contributed by atoms with E-state index >= 15 is 0 Å². The first-order valence-corrected chi connectivity index (χ1v) is 5.62. The molecule has 0 saturated carbocycles. The van der Waals surface area contributed by atoms with E-state index < -0.39 is 0 Å². The zero-order chi connectivity index (χ0) is 9.40. The van der Waals surface area contributed by atoms with Gasteiger partial charge >= 0.3 is 0 Å². The Labute approximate surface area is 79.7 Å². The summed E-state index contributed by atoms with van der Waals surface area (Å²) in [6.45, 7) is 7.25. The molecule has 0 aromatic heterocycles. The van der Waals surface area contributed by atoms with Crippen LogP contribution in [-0.2, 0) is 4.74 Å². The van der Waals surface area contributed by atoms with E-state index in [0.29, 0.717) is 12.0 Å². The maximum absolute atomic E-state index is 8.73. The fourth-order valence-corrected chi connectivity index (χ4v) is 1.57. The molecule has 0 aliphatic heterocycles. The van der Waals surface area contributed by atoms with Crippen LogP contribution in [0.15, 0.2) is 0 Å². The standard InChI is InChI=1S/C9H20O2S/c1-8(2)11-4-5-12-7-9(3)6-10/h8-10H,4-7H2,1-3H3. The molecule has 0 fully saturated rings. The molecule has 0 bridgehead atoms. The van der Waals surface area contributed by atoms with Crippen LogP contribution in [0.3, 0.4) is 0 Å². The molecule has 2 nitrogen and oxygen atoms in total. The molecule has 0 rings (SSSR count). The van der Waals surface area contributed by atoms with Crippen molar-refractivity contribution in [1.82, 2.24) is 0 Å². The summed E-state index contributed by atoms with van der Waals surface area (Å²) in [6.07, 6.45) is 0.334. The van der Waals surface area contributed by atoms with Crippen molar-refractivity contribution in [2.24, 2.45) is 5.92 Å². The summed E-state index contributed by atoms with van der Waals surface area (Å²) >= 11 is 1.84. The van der Waals surface area contributed by atoms with Gasteiger partial charge in [0.25, 0.3) is 0 Å². The molecule has 3 heteroatoms. The number of aliphatic hydroxyl groups excluding tert-OH is 1. The summed E-state index contributed by atoms with van der Waals surface area (Å²) in [5.41, 5.74) is 0. The molecule has 1 atom stereocenters. The zero-order valence-corrected chi connectivity index (χ0v) is 9.06. The average Bonchev–Trinajstić information content (AvgIpc) is 2.03. The van der Waals surface area contributed by atoms with E-state index in [1.807, 2.05) is 25.6 Å². The molecule has 12 heavy (non-hydrogen) atoms. The maximum atomic E-state index is 8.73. The Kier molecular flexibility index (Phi) is 8.07. The van der Waals surface area contributed by atoms with E-state index in [0.717, 1.165) is 18.1 Å². The minimum Gasteiger partial charge on any atom is -0.396 e. The number of aliphatic hydroxyl groups is 1. The quantitative estimate of drug-likeness (QED) is 0.623. The zero-order valence-electron chi connectivity index (χ0n) is 8.25. The molecule has 0 aliphatic rings. The third-order valence-corrected chi connectivity index (χ3v) is 2.65. The molecular formula is C9H20O2S. The lowest BCUT2D eigenvalue weighted by Gasteiger charge is -2.09. The van der Waals surface area contributed by atoms with Gasteiger partial charge in [-0.2, -0.15) is 11.8 Å². The summed E-state index contributed by atoms with van der Waals surface area (Å²) in [5.74, 6) is 2.47. The largest absolute Gasteiger partial charge is 0.396 e. The minimum atomic E-state index is 0.290. The predicted octanol–water partition coefficient (Wildman–Crippen LogP) is 1.77. The SMILES string of the molecule is CC(CO)CSCCOC(C)C. The molecule has 0 radical (unpaired) electrons. The molecule has 0 saturated heterocycles. The Bertz CT molecular complexity index is 96.5. The summed E-state index contributed by atoms with van der Waals surface area (Å²) < 4.78 is 5.37. The van der Waals surface area contributed by atoms with Gasteiger partial charge in [-0.15, -0.1) is 0 Å². The molecule has 0 heterocycles. The normalized spacial score (nSPS) is 13.8. The van der Waals surface area contributed by atoms with Crippen molar-refractivity contribution in [3.63, 3.8) is 0 Å². The topological polar surface area (TPSA) is 29.5 Å². The van der Waals surface area contributed by atoms with Crippen molar-refractivity contribution >= 4 is 11.8 Å². The van der Waals surface area contributed by atoms with Crippen LogP contribution in [0.25, 0.3) is 0 Å². The van der Waals surface area contributed by atoms with Crippen molar-refractivity contribution in [3.05, 3.63) is 0 Å². The maximum Gasteiger partial charge on any atom is 0.0560 e. The van der Waals surface area contributed by atoms with E-state index in [2.05, 4.69) is 6.92 Å². The van der Waals surface area contributed by atoms with Gasteiger partial charge in [0.15, 0.2) is 0 Å². The van der Waals surface area contributed by atoms with Gasteiger partial charge < -0.3 is 9.84 Å². The van der Waals surface area contributed by atoms with E-state index in [1.165, 1.54) is 0 Å². The second-order valence-electron chi connectivity index (χ2n) is 3.28. The Morgan fingerprint density at radius 2 is 2.00 bits per heavy atom. The van der Waals surface area contributed by atoms with Gasteiger partial charge in [0, 0.05) is 12.4 Å². The minimum absolute atomic E-state index is 0.290. The molecule has 74 valence electrons. The average molecular weight is 192 g/mol. The van der Waals surface area contributed by atoms with Crippen LogP contribution in [0, 0.1) is 5.92 Å². The Balaban J connectivity index is 3.00. The Morgan fingerprint density at radius 3 is 2.50 bits per heavy atom. The van der Waals surface area contributed by atoms with Gasteiger partial charge in [-0.1, -0.05) is 6.92 Å². The molecule has 0 aromatic carbocycles. The summed E-state index contributed by atoms with van der Waals surface area (Å²) in [4.78, 5) is 0. The van der Waals surface area contributed by atoms with Crippen molar-refractivity contribution in [1.29, 1.82) is 0 Å². The fourth-order valence-electron chi connectivity index (χ4n) is 0.680.